The van der Waals surface area contributed by atoms with Gasteiger partial charge < -0.3 is 5.32 Å². The summed E-state index contributed by atoms with van der Waals surface area (Å²) in [6, 6.07) is 15.4. The lowest BCUT2D eigenvalue weighted by atomic mass is 10.1. The van der Waals surface area contributed by atoms with E-state index >= 15 is 0 Å². The van der Waals surface area contributed by atoms with Crippen LogP contribution >= 0.6 is 0 Å². The second kappa shape index (κ2) is 7.83. The van der Waals surface area contributed by atoms with Crippen molar-refractivity contribution in [3.63, 3.8) is 0 Å². The molecule has 1 aromatic heterocycles. The van der Waals surface area contributed by atoms with Gasteiger partial charge in [-0.05, 0) is 51.0 Å². The first kappa shape index (κ1) is 18.3. The Morgan fingerprint density at radius 2 is 1.65 bits per heavy atom. The fourth-order valence-corrected chi connectivity index (χ4v) is 3.13. The molecular formula is C22H26FN3. The minimum absolute atomic E-state index is 0.148. The highest BCUT2D eigenvalue weighted by molar-refractivity contribution is 5.27. The second-order valence-corrected chi connectivity index (χ2v) is 6.95. The zero-order valence-electron chi connectivity index (χ0n) is 15.9. The summed E-state index contributed by atoms with van der Waals surface area (Å²) in [7, 11) is 0. The molecule has 0 spiro atoms. The molecule has 0 amide bonds. The summed E-state index contributed by atoms with van der Waals surface area (Å²) in [5, 5.41) is 8.24. The summed E-state index contributed by atoms with van der Waals surface area (Å²) in [5.41, 5.74) is 7.05. The molecule has 0 aliphatic heterocycles. The van der Waals surface area contributed by atoms with Crippen molar-refractivity contribution in [1.82, 2.24) is 15.1 Å². The van der Waals surface area contributed by atoms with Crippen LogP contribution in [0.2, 0.25) is 0 Å². The topological polar surface area (TPSA) is 29.9 Å². The van der Waals surface area contributed by atoms with E-state index in [0.29, 0.717) is 0 Å². The van der Waals surface area contributed by atoms with E-state index in [1.807, 2.05) is 12.1 Å². The Balaban J connectivity index is 1.69. The minimum Gasteiger partial charge on any atom is -0.306 e. The Bertz CT molecular complexity index is 864. The molecule has 2 aromatic carbocycles. The monoisotopic (exact) mass is 351 g/mol. The molecule has 1 heterocycles. The summed E-state index contributed by atoms with van der Waals surface area (Å²) in [5.74, 6) is -0.204. The highest BCUT2D eigenvalue weighted by atomic mass is 19.1. The van der Waals surface area contributed by atoms with Crippen LogP contribution in [0.3, 0.4) is 0 Å². The summed E-state index contributed by atoms with van der Waals surface area (Å²) in [6.07, 6.45) is 0. The van der Waals surface area contributed by atoms with Crippen LogP contribution in [0.1, 0.15) is 46.6 Å². The lowest BCUT2D eigenvalue weighted by molar-refractivity contribution is 0.567. The Morgan fingerprint density at radius 1 is 1.00 bits per heavy atom. The molecule has 0 aliphatic rings. The lowest BCUT2D eigenvalue weighted by Crippen LogP contribution is -2.19. The number of aromatic nitrogens is 2. The third kappa shape index (κ3) is 4.20. The van der Waals surface area contributed by atoms with Crippen LogP contribution in [0.25, 0.3) is 0 Å². The van der Waals surface area contributed by atoms with Gasteiger partial charge in [-0.1, -0.05) is 42.0 Å². The van der Waals surface area contributed by atoms with E-state index in [0.717, 1.165) is 24.3 Å². The standard InChI is InChI=1S/C22H26FN3/c1-15-5-7-19(8-6-15)14-26-18(4)22(17(3)25-26)13-24-16(2)20-9-11-21(23)12-10-20/h5-12,16,24H,13-14H2,1-4H3. The maximum absolute atomic E-state index is 13.1. The maximum atomic E-state index is 13.1. The quantitative estimate of drug-likeness (QED) is 0.688. The summed E-state index contributed by atoms with van der Waals surface area (Å²) in [4.78, 5) is 0. The summed E-state index contributed by atoms with van der Waals surface area (Å²) >= 11 is 0. The molecule has 3 aromatic rings. The van der Waals surface area contributed by atoms with Gasteiger partial charge in [0.05, 0.1) is 12.2 Å². The molecule has 0 radical (unpaired) electrons. The molecule has 3 rings (SSSR count). The van der Waals surface area contributed by atoms with E-state index in [2.05, 4.69) is 62.0 Å². The molecule has 1 N–H and O–H groups in total. The lowest BCUT2D eigenvalue weighted by Gasteiger charge is -2.14. The van der Waals surface area contributed by atoms with Crippen LogP contribution in [0.15, 0.2) is 48.5 Å². The fourth-order valence-electron chi connectivity index (χ4n) is 3.13. The van der Waals surface area contributed by atoms with E-state index in [1.54, 1.807) is 0 Å². The van der Waals surface area contributed by atoms with Crippen molar-refractivity contribution in [2.75, 3.05) is 0 Å². The molecule has 0 saturated carbocycles. The van der Waals surface area contributed by atoms with Gasteiger partial charge in [-0.2, -0.15) is 5.10 Å². The van der Waals surface area contributed by atoms with E-state index in [9.17, 15) is 4.39 Å². The van der Waals surface area contributed by atoms with Crippen LogP contribution in [-0.4, -0.2) is 9.78 Å². The smallest absolute Gasteiger partial charge is 0.123 e. The van der Waals surface area contributed by atoms with Gasteiger partial charge in [-0.3, -0.25) is 4.68 Å². The predicted molar refractivity (Wildman–Crippen MR) is 104 cm³/mol. The van der Waals surface area contributed by atoms with Crippen molar-refractivity contribution in [3.05, 3.63) is 88.0 Å². The summed E-state index contributed by atoms with van der Waals surface area (Å²) in [6.45, 7) is 9.88. The number of hydrogen-bond acceptors (Lipinski definition) is 2. The molecule has 136 valence electrons. The average Bonchev–Trinajstić information content (AvgIpc) is 2.89. The molecular weight excluding hydrogens is 325 g/mol. The van der Waals surface area contributed by atoms with Crippen LogP contribution in [0.4, 0.5) is 4.39 Å². The van der Waals surface area contributed by atoms with Crippen LogP contribution < -0.4 is 5.32 Å². The van der Waals surface area contributed by atoms with Gasteiger partial charge in [0.2, 0.25) is 0 Å². The van der Waals surface area contributed by atoms with Gasteiger partial charge in [-0.25, -0.2) is 4.39 Å². The molecule has 0 bridgehead atoms. The van der Waals surface area contributed by atoms with Gasteiger partial charge >= 0.3 is 0 Å². The minimum atomic E-state index is -0.204. The normalized spacial score (nSPS) is 12.3. The maximum Gasteiger partial charge on any atom is 0.123 e. The highest BCUT2D eigenvalue weighted by Gasteiger charge is 2.13. The Hall–Kier alpha value is -2.46. The summed E-state index contributed by atoms with van der Waals surface area (Å²) < 4.78 is 15.1. The van der Waals surface area contributed by atoms with Crippen LogP contribution in [0, 0.1) is 26.6 Å². The predicted octanol–water partition coefficient (Wildman–Crippen LogP) is 4.85. The van der Waals surface area contributed by atoms with Gasteiger partial charge in [-0.15, -0.1) is 0 Å². The second-order valence-electron chi connectivity index (χ2n) is 6.95. The number of hydrogen-bond donors (Lipinski definition) is 1. The number of halogens is 1. The SMILES string of the molecule is Cc1ccc(Cn2nc(C)c(CNC(C)c3ccc(F)cc3)c2C)cc1. The van der Waals surface area contributed by atoms with Crippen molar-refractivity contribution in [3.8, 4) is 0 Å². The van der Waals surface area contributed by atoms with Crippen molar-refractivity contribution >= 4 is 0 Å². The molecule has 0 fully saturated rings. The van der Waals surface area contributed by atoms with Gasteiger partial charge in [0, 0.05) is 23.8 Å². The zero-order valence-corrected chi connectivity index (χ0v) is 15.9. The van der Waals surface area contributed by atoms with E-state index in [1.165, 1.54) is 34.5 Å². The van der Waals surface area contributed by atoms with Gasteiger partial charge in [0.25, 0.3) is 0 Å². The van der Waals surface area contributed by atoms with Gasteiger partial charge in [0.1, 0.15) is 5.82 Å². The van der Waals surface area contributed by atoms with E-state index < -0.39 is 0 Å². The first-order valence-electron chi connectivity index (χ1n) is 9.01. The van der Waals surface area contributed by atoms with E-state index in [-0.39, 0.29) is 11.9 Å². The number of nitrogens with one attached hydrogen (secondary N) is 1. The Labute approximate surface area is 154 Å². The Morgan fingerprint density at radius 3 is 2.31 bits per heavy atom. The number of rotatable bonds is 6. The number of nitrogens with zero attached hydrogens (tertiary/aromatic N) is 2. The Kier molecular flexibility index (Phi) is 5.52. The number of aryl methyl sites for hydroxylation is 2. The van der Waals surface area contributed by atoms with E-state index in [4.69, 9.17) is 5.10 Å². The average molecular weight is 351 g/mol. The van der Waals surface area contributed by atoms with Crippen LogP contribution in [0.5, 0.6) is 0 Å². The van der Waals surface area contributed by atoms with Crippen molar-refractivity contribution < 1.29 is 4.39 Å². The molecule has 3 nitrogen and oxygen atoms in total. The van der Waals surface area contributed by atoms with Crippen molar-refractivity contribution in [2.45, 2.75) is 46.8 Å². The molecule has 26 heavy (non-hydrogen) atoms. The third-order valence-corrected chi connectivity index (χ3v) is 4.94. The van der Waals surface area contributed by atoms with Crippen LogP contribution in [-0.2, 0) is 13.1 Å². The zero-order chi connectivity index (χ0) is 18.7. The third-order valence-electron chi connectivity index (χ3n) is 4.94. The van der Waals surface area contributed by atoms with Gasteiger partial charge in [0.15, 0.2) is 0 Å². The molecule has 1 unspecified atom stereocenters. The molecule has 4 heteroatoms. The van der Waals surface area contributed by atoms with Crippen molar-refractivity contribution in [1.29, 1.82) is 0 Å². The molecule has 1 atom stereocenters. The van der Waals surface area contributed by atoms with Crippen molar-refractivity contribution in [2.24, 2.45) is 0 Å². The highest BCUT2D eigenvalue weighted by Crippen LogP contribution is 2.18. The fraction of sp³-hybridized carbons (Fsp3) is 0.318. The molecule has 0 aliphatic carbocycles. The first-order chi connectivity index (χ1) is 12.4. The largest absolute Gasteiger partial charge is 0.306 e. The molecule has 0 saturated heterocycles. The number of benzene rings is 2. The first-order valence-corrected chi connectivity index (χ1v) is 9.01.